The van der Waals surface area contributed by atoms with Gasteiger partial charge < -0.3 is 5.32 Å². The van der Waals surface area contributed by atoms with Gasteiger partial charge in [0.15, 0.2) is 5.16 Å². The molecule has 0 fully saturated rings. The molecular weight excluding hydrogens is 274 g/mol. The van der Waals surface area contributed by atoms with Gasteiger partial charge in [-0.2, -0.15) is 0 Å². The number of aromatic nitrogens is 2. The number of nitrogens with zero attached hydrogens (tertiary/aromatic N) is 2. The van der Waals surface area contributed by atoms with Crippen LogP contribution in [0.5, 0.6) is 0 Å². The summed E-state index contributed by atoms with van der Waals surface area (Å²) < 4.78 is 0. The summed E-state index contributed by atoms with van der Waals surface area (Å²) in [5.41, 5.74) is 1.48. The molecule has 100 valence electrons. The Kier molecular flexibility index (Phi) is 3.75. The zero-order valence-corrected chi connectivity index (χ0v) is 12.7. The molecule has 2 heterocycles. The van der Waals surface area contributed by atoms with Crippen molar-refractivity contribution in [1.82, 2.24) is 9.97 Å². The Bertz CT molecular complexity index is 619. The van der Waals surface area contributed by atoms with Crippen LogP contribution in [0.2, 0.25) is 0 Å². The third-order valence-corrected chi connectivity index (χ3v) is 5.12. The summed E-state index contributed by atoms with van der Waals surface area (Å²) in [7, 11) is 0. The van der Waals surface area contributed by atoms with E-state index < -0.39 is 0 Å². The van der Waals surface area contributed by atoms with Gasteiger partial charge >= 0.3 is 0 Å². The molecule has 1 aliphatic rings. The predicted molar refractivity (Wildman–Crippen MR) is 84.5 cm³/mol. The normalized spacial score (nSPS) is 14.4. The standard InChI is InChI=1S/C14H17N3S2/c1-3-8-15-12-11-9-6-4-5-7-10(9)19-13(11)17-14(16-12)18-2/h3H,1,4-8H2,2H3,(H,15,16,17). The van der Waals surface area contributed by atoms with Crippen molar-refractivity contribution in [1.29, 1.82) is 0 Å². The number of hydrogen-bond donors (Lipinski definition) is 1. The van der Waals surface area contributed by atoms with Crippen LogP contribution in [0, 0.1) is 0 Å². The van der Waals surface area contributed by atoms with Gasteiger partial charge in [0.05, 0.1) is 5.39 Å². The smallest absolute Gasteiger partial charge is 0.190 e. The highest BCUT2D eigenvalue weighted by Crippen LogP contribution is 2.39. The molecule has 2 aromatic heterocycles. The fourth-order valence-electron chi connectivity index (χ4n) is 2.53. The number of fused-ring (bicyclic) bond motifs is 3. The average Bonchev–Trinajstić information content (AvgIpc) is 2.82. The lowest BCUT2D eigenvalue weighted by Crippen LogP contribution is -2.04. The third kappa shape index (κ3) is 2.37. The van der Waals surface area contributed by atoms with Crippen molar-refractivity contribution in [2.75, 3.05) is 18.1 Å². The van der Waals surface area contributed by atoms with Crippen LogP contribution in [-0.2, 0) is 12.8 Å². The van der Waals surface area contributed by atoms with E-state index in [2.05, 4.69) is 21.9 Å². The predicted octanol–water partition coefficient (Wildman–Crippen LogP) is 3.89. The molecular formula is C14H17N3S2. The molecule has 3 nitrogen and oxygen atoms in total. The number of rotatable bonds is 4. The van der Waals surface area contributed by atoms with Gasteiger partial charge in [-0.15, -0.1) is 17.9 Å². The van der Waals surface area contributed by atoms with Crippen LogP contribution in [0.3, 0.4) is 0 Å². The van der Waals surface area contributed by atoms with Crippen LogP contribution in [0.4, 0.5) is 5.82 Å². The van der Waals surface area contributed by atoms with Gasteiger partial charge in [0, 0.05) is 11.4 Å². The summed E-state index contributed by atoms with van der Waals surface area (Å²) in [5, 5.41) is 5.47. The van der Waals surface area contributed by atoms with Crippen molar-refractivity contribution in [3.8, 4) is 0 Å². The van der Waals surface area contributed by atoms with E-state index in [1.807, 2.05) is 23.7 Å². The number of anilines is 1. The summed E-state index contributed by atoms with van der Waals surface area (Å²) in [6, 6.07) is 0. The van der Waals surface area contributed by atoms with Crippen LogP contribution >= 0.6 is 23.1 Å². The van der Waals surface area contributed by atoms with Crippen molar-refractivity contribution in [3.05, 3.63) is 23.1 Å². The summed E-state index contributed by atoms with van der Waals surface area (Å²) in [4.78, 5) is 12.0. The molecule has 0 saturated carbocycles. The Morgan fingerprint density at radius 1 is 1.37 bits per heavy atom. The summed E-state index contributed by atoms with van der Waals surface area (Å²) in [5.74, 6) is 0.980. The van der Waals surface area contributed by atoms with Crippen molar-refractivity contribution in [3.63, 3.8) is 0 Å². The van der Waals surface area contributed by atoms with Crippen LogP contribution < -0.4 is 5.32 Å². The molecule has 0 aromatic carbocycles. The van der Waals surface area contributed by atoms with Crippen molar-refractivity contribution >= 4 is 39.1 Å². The highest BCUT2D eigenvalue weighted by Gasteiger charge is 2.20. The molecule has 19 heavy (non-hydrogen) atoms. The Labute approximate surface area is 121 Å². The van der Waals surface area contributed by atoms with E-state index in [0.717, 1.165) is 22.3 Å². The Balaban J connectivity index is 2.18. The molecule has 0 spiro atoms. The topological polar surface area (TPSA) is 37.8 Å². The first-order valence-electron chi connectivity index (χ1n) is 6.54. The van der Waals surface area contributed by atoms with Gasteiger partial charge in [-0.1, -0.05) is 17.8 Å². The van der Waals surface area contributed by atoms with Crippen LogP contribution in [0.1, 0.15) is 23.3 Å². The van der Waals surface area contributed by atoms with Crippen LogP contribution in [-0.4, -0.2) is 22.8 Å². The lowest BCUT2D eigenvalue weighted by molar-refractivity contribution is 0.700. The van der Waals surface area contributed by atoms with Crippen molar-refractivity contribution < 1.29 is 0 Å². The van der Waals surface area contributed by atoms with E-state index in [-0.39, 0.29) is 0 Å². The SMILES string of the molecule is C=CCNc1nc(SC)nc2sc3c(c12)CCCC3. The minimum atomic E-state index is 0.741. The fraction of sp³-hybridized carbons (Fsp3) is 0.429. The zero-order valence-electron chi connectivity index (χ0n) is 11.0. The van der Waals surface area contributed by atoms with Crippen LogP contribution in [0.15, 0.2) is 17.8 Å². The van der Waals surface area contributed by atoms with Gasteiger partial charge in [0.25, 0.3) is 0 Å². The first-order valence-corrected chi connectivity index (χ1v) is 8.58. The fourth-order valence-corrected chi connectivity index (χ4v) is 4.21. The number of thiophene rings is 1. The number of thioether (sulfide) groups is 1. The monoisotopic (exact) mass is 291 g/mol. The highest BCUT2D eigenvalue weighted by atomic mass is 32.2. The third-order valence-electron chi connectivity index (χ3n) is 3.39. The molecule has 0 atom stereocenters. The Morgan fingerprint density at radius 2 is 2.21 bits per heavy atom. The minimum absolute atomic E-state index is 0.741. The number of hydrogen-bond acceptors (Lipinski definition) is 5. The Morgan fingerprint density at radius 3 is 3.00 bits per heavy atom. The van der Waals surface area contributed by atoms with Crippen molar-refractivity contribution in [2.45, 2.75) is 30.8 Å². The molecule has 0 amide bonds. The van der Waals surface area contributed by atoms with Crippen molar-refractivity contribution in [2.24, 2.45) is 0 Å². The quantitative estimate of drug-likeness (QED) is 0.527. The van der Waals surface area contributed by atoms with E-state index >= 15 is 0 Å². The second-order valence-corrected chi connectivity index (χ2v) is 6.48. The van der Waals surface area contributed by atoms with Gasteiger partial charge in [-0.3, -0.25) is 0 Å². The van der Waals surface area contributed by atoms with Gasteiger partial charge in [0.1, 0.15) is 10.6 Å². The summed E-state index contributed by atoms with van der Waals surface area (Å²) >= 11 is 3.44. The molecule has 0 aliphatic heterocycles. The number of aryl methyl sites for hydroxylation is 2. The first kappa shape index (κ1) is 12.9. The molecule has 0 unspecified atom stereocenters. The van der Waals surface area contributed by atoms with E-state index in [0.29, 0.717) is 0 Å². The second-order valence-electron chi connectivity index (χ2n) is 4.62. The van der Waals surface area contributed by atoms with E-state index in [9.17, 15) is 0 Å². The molecule has 0 saturated heterocycles. The molecule has 0 radical (unpaired) electrons. The Hall–Kier alpha value is -1.07. The van der Waals surface area contributed by atoms with Gasteiger partial charge in [-0.25, -0.2) is 9.97 Å². The molecule has 2 aromatic rings. The van der Waals surface area contributed by atoms with Gasteiger partial charge in [-0.05, 0) is 37.5 Å². The molecule has 3 rings (SSSR count). The molecule has 5 heteroatoms. The molecule has 0 bridgehead atoms. The summed E-state index contributed by atoms with van der Waals surface area (Å²) in [6.45, 7) is 4.51. The maximum Gasteiger partial charge on any atom is 0.190 e. The van der Waals surface area contributed by atoms with E-state index in [1.54, 1.807) is 11.8 Å². The maximum atomic E-state index is 4.67. The van der Waals surface area contributed by atoms with E-state index in [1.165, 1.54) is 41.5 Å². The molecule has 1 N–H and O–H groups in total. The largest absolute Gasteiger partial charge is 0.366 e. The second kappa shape index (κ2) is 5.51. The number of nitrogens with one attached hydrogen (secondary N) is 1. The first-order chi connectivity index (χ1) is 9.33. The van der Waals surface area contributed by atoms with E-state index in [4.69, 9.17) is 0 Å². The maximum absolute atomic E-state index is 4.67. The van der Waals surface area contributed by atoms with Crippen LogP contribution in [0.25, 0.3) is 10.2 Å². The van der Waals surface area contributed by atoms with Gasteiger partial charge in [0.2, 0.25) is 0 Å². The molecule has 1 aliphatic carbocycles. The minimum Gasteiger partial charge on any atom is -0.366 e. The highest BCUT2D eigenvalue weighted by molar-refractivity contribution is 7.98. The summed E-state index contributed by atoms with van der Waals surface area (Å²) in [6.07, 6.45) is 8.84. The lowest BCUT2D eigenvalue weighted by Gasteiger charge is -2.12. The zero-order chi connectivity index (χ0) is 13.2. The average molecular weight is 291 g/mol. The lowest BCUT2D eigenvalue weighted by atomic mass is 9.97.